The highest BCUT2D eigenvalue weighted by molar-refractivity contribution is 5.93. The van der Waals surface area contributed by atoms with E-state index >= 15 is 0 Å². The number of rotatable bonds is 8. The minimum atomic E-state index is -0.553. The number of para-hydroxylation sites is 1. The molecule has 0 radical (unpaired) electrons. The number of amides is 1. The van der Waals surface area contributed by atoms with Crippen LogP contribution in [-0.2, 0) is 14.3 Å². The maximum Gasteiger partial charge on any atom is 0.254 e. The third kappa shape index (κ3) is 4.68. The number of nitrogens with zero attached hydrogens (tertiary/aromatic N) is 2. The fraction of sp³-hybridized carbons (Fsp3) is 0.375. The Kier molecular flexibility index (Phi) is 6.12. The molecule has 6 heteroatoms. The van der Waals surface area contributed by atoms with E-state index in [0.29, 0.717) is 25.6 Å². The number of hydrogen-bond acceptors (Lipinski definition) is 4. The molecule has 2 rings (SSSR count). The predicted molar refractivity (Wildman–Crippen MR) is 84.1 cm³/mol. The van der Waals surface area contributed by atoms with Crippen LogP contribution in [0.2, 0.25) is 0 Å². The number of ether oxygens (including phenoxy) is 2. The van der Waals surface area contributed by atoms with Crippen LogP contribution in [0, 0.1) is 0 Å². The maximum absolute atomic E-state index is 12.0. The van der Waals surface area contributed by atoms with Crippen molar-refractivity contribution in [3.63, 3.8) is 0 Å². The first kappa shape index (κ1) is 16.2. The molecule has 0 unspecified atom stereocenters. The normalized spacial score (nSPS) is 12.1. The van der Waals surface area contributed by atoms with Crippen molar-refractivity contribution in [2.24, 2.45) is 0 Å². The molecule has 0 aliphatic heterocycles. The second-order valence-electron chi connectivity index (χ2n) is 4.68. The molecule has 1 heterocycles. The molecule has 1 aromatic heterocycles. The first-order valence-electron chi connectivity index (χ1n) is 7.32. The third-order valence-corrected chi connectivity index (χ3v) is 3.03. The molecule has 118 valence electrons. The van der Waals surface area contributed by atoms with Crippen molar-refractivity contribution in [2.75, 3.05) is 25.1 Å². The van der Waals surface area contributed by atoms with Crippen molar-refractivity contribution in [2.45, 2.75) is 20.0 Å². The highest BCUT2D eigenvalue weighted by Gasteiger charge is 2.14. The van der Waals surface area contributed by atoms with Crippen molar-refractivity contribution >= 4 is 11.7 Å². The van der Waals surface area contributed by atoms with Gasteiger partial charge in [-0.2, -0.15) is 5.10 Å². The van der Waals surface area contributed by atoms with Gasteiger partial charge < -0.3 is 14.8 Å². The SMILES string of the molecule is CCOCCO[C@H](C)C(=O)Nc1ccn(-c2ccccc2)n1. The minimum Gasteiger partial charge on any atom is -0.379 e. The fourth-order valence-corrected chi connectivity index (χ4v) is 1.85. The van der Waals surface area contributed by atoms with Gasteiger partial charge in [-0.3, -0.25) is 4.79 Å². The number of benzene rings is 1. The Morgan fingerprint density at radius 2 is 2.05 bits per heavy atom. The number of anilines is 1. The fourth-order valence-electron chi connectivity index (χ4n) is 1.85. The number of hydrogen-bond donors (Lipinski definition) is 1. The lowest BCUT2D eigenvalue weighted by atomic mass is 10.3. The molecule has 1 amide bonds. The van der Waals surface area contributed by atoms with E-state index in [4.69, 9.17) is 9.47 Å². The van der Waals surface area contributed by atoms with Gasteiger partial charge in [0.15, 0.2) is 5.82 Å². The summed E-state index contributed by atoms with van der Waals surface area (Å²) in [6.45, 7) is 5.13. The largest absolute Gasteiger partial charge is 0.379 e. The van der Waals surface area contributed by atoms with E-state index in [1.807, 2.05) is 37.3 Å². The molecule has 0 saturated heterocycles. The van der Waals surface area contributed by atoms with Crippen LogP contribution in [-0.4, -0.2) is 41.6 Å². The average molecular weight is 303 g/mol. The molecule has 1 N–H and O–H groups in total. The topological polar surface area (TPSA) is 65.4 Å². The van der Waals surface area contributed by atoms with E-state index < -0.39 is 6.10 Å². The lowest BCUT2D eigenvalue weighted by Gasteiger charge is -2.12. The zero-order valence-electron chi connectivity index (χ0n) is 12.9. The van der Waals surface area contributed by atoms with Crippen LogP contribution in [0.4, 0.5) is 5.82 Å². The molecule has 1 aromatic carbocycles. The van der Waals surface area contributed by atoms with E-state index in [1.165, 1.54) is 0 Å². The molecule has 0 spiro atoms. The van der Waals surface area contributed by atoms with Crippen molar-refractivity contribution in [3.8, 4) is 5.69 Å². The van der Waals surface area contributed by atoms with Crippen LogP contribution in [0.25, 0.3) is 5.69 Å². The molecule has 6 nitrogen and oxygen atoms in total. The lowest BCUT2D eigenvalue weighted by Crippen LogP contribution is -2.29. The average Bonchev–Trinajstić information content (AvgIpc) is 3.00. The van der Waals surface area contributed by atoms with E-state index in [1.54, 1.807) is 23.9 Å². The third-order valence-electron chi connectivity index (χ3n) is 3.03. The molecular weight excluding hydrogens is 282 g/mol. The predicted octanol–water partition coefficient (Wildman–Crippen LogP) is 2.25. The standard InChI is InChI=1S/C16H21N3O3/c1-3-21-11-12-22-13(2)16(20)17-15-9-10-19(18-15)14-7-5-4-6-8-14/h4-10,13H,3,11-12H2,1-2H3,(H,17,18,20)/t13-/m1/s1. The van der Waals surface area contributed by atoms with Gasteiger partial charge in [0.25, 0.3) is 5.91 Å². The van der Waals surface area contributed by atoms with Gasteiger partial charge in [0.1, 0.15) is 6.10 Å². The van der Waals surface area contributed by atoms with Gasteiger partial charge in [0.2, 0.25) is 0 Å². The summed E-state index contributed by atoms with van der Waals surface area (Å²) in [5.41, 5.74) is 0.934. The Bertz CT molecular complexity index is 583. The zero-order valence-corrected chi connectivity index (χ0v) is 12.9. The molecule has 22 heavy (non-hydrogen) atoms. The molecule has 0 aliphatic carbocycles. The Balaban J connectivity index is 1.86. The number of carbonyl (C=O) groups excluding carboxylic acids is 1. The van der Waals surface area contributed by atoms with E-state index in [-0.39, 0.29) is 5.91 Å². The first-order valence-corrected chi connectivity index (χ1v) is 7.32. The van der Waals surface area contributed by atoms with Crippen LogP contribution in [0.5, 0.6) is 0 Å². The van der Waals surface area contributed by atoms with Gasteiger partial charge >= 0.3 is 0 Å². The van der Waals surface area contributed by atoms with Crippen LogP contribution in [0.15, 0.2) is 42.6 Å². The van der Waals surface area contributed by atoms with Gasteiger partial charge in [-0.15, -0.1) is 0 Å². The van der Waals surface area contributed by atoms with Crippen molar-refractivity contribution < 1.29 is 14.3 Å². The molecular formula is C16H21N3O3. The van der Waals surface area contributed by atoms with Gasteiger partial charge in [-0.05, 0) is 26.0 Å². The van der Waals surface area contributed by atoms with E-state index in [0.717, 1.165) is 5.69 Å². The van der Waals surface area contributed by atoms with Gasteiger partial charge in [0, 0.05) is 18.9 Å². The maximum atomic E-state index is 12.0. The smallest absolute Gasteiger partial charge is 0.254 e. The Hall–Kier alpha value is -2.18. The zero-order chi connectivity index (χ0) is 15.8. The van der Waals surface area contributed by atoms with Gasteiger partial charge in [0.05, 0.1) is 18.9 Å². The summed E-state index contributed by atoms with van der Waals surface area (Å²) in [7, 11) is 0. The Morgan fingerprint density at radius 1 is 1.27 bits per heavy atom. The first-order chi connectivity index (χ1) is 10.7. The summed E-state index contributed by atoms with van der Waals surface area (Å²) < 4.78 is 12.3. The molecule has 0 bridgehead atoms. The van der Waals surface area contributed by atoms with Crippen molar-refractivity contribution in [1.82, 2.24) is 9.78 Å². The monoisotopic (exact) mass is 303 g/mol. The van der Waals surface area contributed by atoms with Gasteiger partial charge in [-0.1, -0.05) is 18.2 Å². The van der Waals surface area contributed by atoms with Gasteiger partial charge in [-0.25, -0.2) is 4.68 Å². The van der Waals surface area contributed by atoms with Crippen molar-refractivity contribution in [3.05, 3.63) is 42.6 Å². The second-order valence-corrected chi connectivity index (χ2v) is 4.68. The molecule has 0 fully saturated rings. The minimum absolute atomic E-state index is 0.227. The summed E-state index contributed by atoms with van der Waals surface area (Å²) in [4.78, 5) is 12.0. The second kappa shape index (κ2) is 8.31. The number of nitrogens with one attached hydrogen (secondary N) is 1. The van der Waals surface area contributed by atoms with Crippen LogP contribution >= 0.6 is 0 Å². The Morgan fingerprint density at radius 3 is 2.77 bits per heavy atom. The van der Waals surface area contributed by atoms with Crippen LogP contribution in [0.1, 0.15) is 13.8 Å². The quantitative estimate of drug-likeness (QED) is 0.760. The molecule has 0 saturated carbocycles. The summed E-state index contributed by atoms with van der Waals surface area (Å²) in [5, 5.41) is 7.05. The molecule has 2 aromatic rings. The van der Waals surface area contributed by atoms with Crippen molar-refractivity contribution in [1.29, 1.82) is 0 Å². The summed E-state index contributed by atoms with van der Waals surface area (Å²) >= 11 is 0. The molecule has 1 atom stereocenters. The lowest BCUT2D eigenvalue weighted by molar-refractivity contribution is -0.127. The highest BCUT2D eigenvalue weighted by atomic mass is 16.5. The highest BCUT2D eigenvalue weighted by Crippen LogP contribution is 2.10. The summed E-state index contributed by atoms with van der Waals surface area (Å²) in [6.07, 6.45) is 1.24. The van der Waals surface area contributed by atoms with E-state index in [2.05, 4.69) is 10.4 Å². The summed E-state index contributed by atoms with van der Waals surface area (Å²) in [6, 6.07) is 11.4. The number of carbonyl (C=O) groups is 1. The van der Waals surface area contributed by atoms with E-state index in [9.17, 15) is 4.79 Å². The van der Waals surface area contributed by atoms with Crippen LogP contribution in [0.3, 0.4) is 0 Å². The Labute approximate surface area is 130 Å². The summed E-state index contributed by atoms with van der Waals surface area (Å²) in [5.74, 6) is 0.268. The number of aromatic nitrogens is 2. The van der Waals surface area contributed by atoms with Crippen LogP contribution < -0.4 is 5.32 Å². The molecule has 0 aliphatic rings.